The molecule has 0 bridgehead atoms. The minimum atomic E-state index is -3.10. The van der Waals surface area contributed by atoms with Gasteiger partial charge in [0.2, 0.25) is 0 Å². The smallest absolute Gasteiger partial charge is 0.337 e. The van der Waals surface area contributed by atoms with E-state index in [0.717, 1.165) is 0 Å². The van der Waals surface area contributed by atoms with E-state index < -0.39 is 29.5 Å². The van der Waals surface area contributed by atoms with Gasteiger partial charge in [0.25, 0.3) is 6.43 Å². The maximum Gasteiger partial charge on any atom is 0.337 e. The Morgan fingerprint density at radius 1 is 1.60 bits per heavy atom. The zero-order valence-corrected chi connectivity index (χ0v) is 7.93. The number of hydrogen-bond donors (Lipinski definition) is 1. The van der Waals surface area contributed by atoms with E-state index in [1.165, 1.54) is 0 Å². The Bertz CT molecular complexity index is 398. The quantitative estimate of drug-likeness (QED) is 0.825. The lowest BCUT2D eigenvalue weighted by Gasteiger charge is -2.06. The molecule has 0 unspecified atom stereocenters. The average Bonchev–Trinajstić information content (AvgIpc) is 2.16. The molecule has 0 radical (unpaired) electrons. The Labute approximate surface area is 87.5 Å². The highest BCUT2D eigenvalue weighted by molar-refractivity contribution is 6.17. The van der Waals surface area contributed by atoms with Gasteiger partial charge in [0, 0.05) is 0 Å². The molecule has 0 spiro atoms. The Kier molecular flexibility index (Phi) is 3.52. The third kappa shape index (κ3) is 2.38. The standard InChI is InChI=1S/C8H5ClF3NO2/c9-2-5-3(8(14)15)1-4(10)6(13-5)7(11)12/h1,7H,2H2,(H,14,15). The summed E-state index contributed by atoms with van der Waals surface area (Å²) in [4.78, 5) is 13.7. The lowest BCUT2D eigenvalue weighted by molar-refractivity contribution is 0.0693. The van der Waals surface area contributed by atoms with Crippen molar-refractivity contribution in [3.63, 3.8) is 0 Å². The first-order chi connectivity index (χ1) is 6.97. The predicted octanol–water partition coefficient (Wildman–Crippen LogP) is 2.60. The van der Waals surface area contributed by atoms with Gasteiger partial charge in [-0.1, -0.05) is 0 Å². The monoisotopic (exact) mass is 239 g/mol. The van der Waals surface area contributed by atoms with E-state index >= 15 is 0 Å². The Morgan fingerprint density at radius 3 is 2.60 bits per heavy atom. The summed E-state index contributed by atoms with van der Waals surface area (Å²) in [5.41, 5.74) is -1.87. The number of carboxylic acid groups (broad SMARTS) is 1. The summed E-state index contributed by atoms with van der Waals surface area (Å²) in [5.74, 6) is -3.18. The zero-order valence-electron chi connectivity index (χ0n) is 7.18. The van der Waals surface area contributed by atoms with Crippen LogP contribution in [0.3, 0.4) is 0 Å². The van der Waals surface area contributed by atoms with Gasteiger partial charge in [0.05, 0.1) is 17.1 Å². The third-order valence-electron chi connectivity index (χ3n) is 1.65. The van der Waals surface area contributed by atoms with Gasteiger partial charge in [-0.3, -0.25) is 0 Å². The second kappa shape index (κ2) is 4.48. The molecule has 0 aromatic carbocycles. The summed E-state index contributed by atoms with van der Waals surface area (Å²) in [6.45, 7) is 0. The molecule has 0 aliphatic heterocycles. The van der Waals surface area contributed by atoms with E-state index in [1.54, 1.807) is 0 Å². The van der Waals surface area contributed by atoms with Crippen LogP contribution < -0.4 is 0 Å². The molecule has 0 saturated carbocycles. The summed E-state index contributed by atoms with van der Waals surface area (Å²) in [6.07, 6.45) is -3.10. The van der Waals surface area contributed by atoms with Gasteiger partial charge < -0.3 is 5.11 Å². The Morgan fingerprint density at radius 2 is 2.20 bits per heavy atom. The van der Waals surface area contributed by atoms with Gasteiger partial charge in [0.1, 0.15) is 5.69 Å². The fourth-order valence-corrected chi connectivity index (χ4v) is 1.19. The van der Waals surface area contributed by atoms with Crippen LogP contribution in [-0.2, 0) is 5.88 Å². The molecule has 7 heteroatoms. The molecule has 0 atom stereocenters. The van der Waals surface area contributed by atoms with Crippen LogP contribution in [0.4, 0.5) is 13.2 Å². The topological polar surface area (TPSA) is 50.2 Å². The van der Waals surface area contributed by atoms with Crippen molar-refractivity contribution in [2.24, 2.45) is 0 Å². The van der Waals surface area contributed by atoms with Gasteiger partial charge in [-0.15, -0.1) is 11.6 Å². The van der Waals surface area contributed by atoms with Crippen LogP contribution in [0.2, 0.25) is 0 Å². The lowest BCUT2D eigenvalue weighted by atomic mass is 10.2. The minimum absolute atomic E-state index is 0.277. The Hall–Kier alpha value is -1.30. The highest BCUT2D eigenvalue weighted by atomic mass is 35.5. The molecule has 1 rings (SSSR count). The number of aromatic nitrogens is 1. The molecular formula is C8H5ClF3NO2. The molecule has 15 heavy (non-hydrogen) atoms. The maximum atomic E-state index is 12.9. The fourth-order valence-electron chi connectivity index (χ4n) is 0.983. The lowest BCUT2D eigenvalue weighted by Crippen LogP contribution is -2.08. The number of aromatic carboxylic acids is 1. The van der Waals surface area contributed by atoms with E-state index in [0.29, 0.717) is 6.07 Å². The highest BCUT2D eigenvalue weighted by Crippen LogP contribution is 2.23. The molecular weight excluding hydrogens is 235 g/mol. The number of hydrogen-bond acceptors (Lipinski definition) is 2. The number of alkyl halides is 3. The largest absolute Gasteiger partial charge is 0.478 e. The van der Waals surface area contributed by atoms with Crippen molar-refractivity contribution in [3.8, 4) is 0 Å². The van der Waals surface area contributed by atoms with Crippen LogP contribution in [0, 0.1) is 5.82 Å². The second-order valence-corrected chi connectivity index (χ2v) is 2.86. The summed E-state index contributed by atoms with van der Waals surface area (Å²) in [7, 11) is 0. The van der Waals surface area contributed by atoms with Crippen molar-refractivity contribution in [3.05, 3.63) is 28.8 Å². The summed E-state index contributed by atoms with van der Waals surface area (Å²) < 4.78 is 37.3. The average molecular weight is 240 g/mol. The van der Waals surface area contributed by atoms with Crippen molar-refractivity contribution >= 4 is 17.6 Å². The van der Waals surface area contributed by atoms with Crippen LogP contribution in [0.15, 0.2) is 6.07 Å². The van der Waals surface area contributed by atoms with Crippen LogP contribution >= 0.6 is 11.6 Å². The van der Waals surface area contributed by atoms with Crippen LogP contribution in [-0.4, -0.2) is 16.1 Å². The SMILES string of the molecule is O=C(O)c1cc(F)c(C(F)F)nc1CCl. The van der Waals surface area contributed by atoms with Crippen molar-refractivity contribution in [1.82, 2.24) is 4.98 Å². The zero-order chi connectivity index (χ0) is 11.6. The van der Waals surface area contributed by atoms with Crippen LogP contribution in [0.25, 0.3) is 0 Å². The van der Waals surface area contributed by atoms with Gasteiger partial charge in [-0.25, -0.2) is 22.9 Å². The first-order valence-electron chi connectivity index (χ1n) is 3.74. The van der Waals surface area contributed by atoms with Gasteiger partial charge >= 0.3 is 5.97 Å². The summed E-state index contributed by atoms with van der Waals surface area (Å²) in [5, 5.41) is 8.60. The van der Waals surface area contributed by atoms with Crippen molar-refractivity contribution in [2.45, 2.75) is 12.3 Å². The minimum Gasteiger partial charge on any atom is -0.478 e. The normalized spacial score (nSPS) is 10.7. The number of pyridine rings is 1. The molecule has 0 fully saturated rings. The Balaban J connectivity index is 3.35. The fraction of sp³-hybridized carbons (Fsp3) is 0.250. The number of halogens is 4. The van der Waals surface area contributed by atoms with E-state index in [-0.39, 0.29) is 11.6 Å². The number of carbonyl (C=O) groups is 1. The highest BCUT2D eigenvalue weighted by Gasteiger charge is 2.21. The number of carboxylic acids is 1. The predicted molar refractivity (Wildman–Crippen MR) is 45.7 cm³/mol. The summed E-state index contributed by atoms with van der Waals surface area (Å²) in [6, 6.07) is 0.495. The van der Waals surface area contributed by atoms with E-state index in [9.17, 15) is 18.0 Å². The first kappa shape index (κ1) is 11.8. The molecule has 0 aliphatic rings. The van der Waals surface area contributed by atoms with Gasteiger partial charge in [0.15, 0.2) is 5.82 Å². The molecule has 1 aromatic heterocycles. The number of nitrogens with zero attached hydrogens (tertiary/aromatic N) is 1. The van der Waals surface area contributed by atoms with E-state index in [1.807, 2.05) is 0 Å². The number of rotatable bonds is 3. The molecule has 3 nitrogen and oxygen atoms in total. The molecule has 82 valence electrons. The molecule has 0 saturated heterocycles. The second-order valence-electron chi connectivity index (χ2n) is 2.59. The maximum absolute atomic E-state index is 12.9. The van der Waals surface area contributed by atoms with E-state index in [4.69, 9.17) is 16.7 Å². The molecule has 1 N–H and O–H groups in total. The molecule has 0 amide bonds. The molecule has 1 heterocycles. The molecule has 0 aliphatic carbocycles. The van der Waals surface area contributed by atoms with Crippen molar-refractivity contribution in [1.29, 1.82) is 0 Å². The molecule has 1 aromatic rings. The first-order valence-corrected chi connectivity index (χ1v) is 4.27. The van der Waals surface area contributed by atoms with Crippen LogP contribution in [0.1, 0.15) is 28.2 Å². The van der Waals surface area contributed by atoms with Gasteiger partial charge in [-0.05, 0) is 6.07 Å². The van der Waals surface area contributed by atoms with Crippen LogP contribution in [0.5, 0.6) is 0 Å². The van der Waals surface area contributed by atoms with Crippen molar-refractivity contribution in [2.75, 3.05) is 0 Å². The van der Waals surface area contributed by atoms with Crippen molar-refractivity contribution < 1.29 is 23.1 Å². The third-order valence-corrected chi connectivity index (χ3v) is 1.90. The van der Waals surface area contributed by atoms with Gasteiger partial charge in [-0.2, -0.15) is 0 Å². The van der Waals surface area contributed by atoms with E-state index in [2.05, 4.69) is 4.98 Å². The summed E-state index contributed by atoms with van der Waals surface area (Å²) >= 11 is 5.31.